The number of rotatable bonds is 10. The van der Waals surface area contributed by atoms with Crippen molar-refractivity contribution in [1.82, 2.24) is 5.43 Å². The van der Waals surface area contributed by atoms with Crippen LogP contribution in [0, 0.1) is 6.92 Å². The first-order valence-electron chi connectivity index (χ1n) is 10.2. The fourth-order valence-electron chi connectivity index (χ4n) is 2.82. The molecule has 0 aliphatic carbocycles. The van der Waals surface area contributed by atoms with E-state index >= 15 is 0 Å². The molecule has 0 atom stereocenters. The first-order valence-corrected chi connectivity index (χ1v) is 12.4. The molecule has 0 unspecified atom stereocenters. The van der Waals surface area contributed by atoms with Gasteiger partial charge in [-0.3, -0.25) is 4.79 Å². The fraction of sp³-hybridized carbons (Fsp3) is 0.200. The molecule has 0 spiro atoms. The molecule has 33 heavy (non-hydrogen) atoms. The second kappa shape index (κ2) is 12.7. The van der Waals surface area contributed by atoms with Crippen LogP contribution in [0.5, 0.6) is 11.5 Å². The SMILES string of the molecule is COc1cc(/C=N\NC(=O)CCSc2ccc(Cl)cc2)cc(Br)c1OCc1ccc(C)cc1. The molecule has 5 nitrogen and oxygen atoms in total. The van der Waals surface area contributed by atoms with Crippen LogP contribution in [0.15, 0.2) is 75.1 Å². The third-order valence-electron chi connectivity index (χ3n) is 4.57. The summed E-state index contributed by atoms with van der Waals surface area (Å²) in [5, 5.41) is 4.75. The zero-order valence-corrected chi connectivity index (χ0v) is 21.5. The average molecular weight is 548 g/mol. The monoisotopic (exact) mass is 546 g/mol. The molecule has 172 valence electrons. The van der Waals surface area contributed by atoms with Crippen LogP contribution in [0.4, 0.5) is 0 Å². The van der Waals surface area contributed by atoms with Gasteiger partial charge in [0.25, 0.3) is 0 Å². The number of methoxy groups -OCH3 is 1. The van der Waals surface area contributed by atoms with Gasteiger partial charge in [-0.1, -0.05) is 41.4 Å². The molecule has 0 saturated carbocycles. The van der Waals surface area contributed by atoms with Crippen LogP contribution in [0.25, 0.3) is 0 Å². The number of carbonyl (C=O) groups excluding carboxylic acids is 1. The quantitative estimate of drug-likeness (QED) is 0.176. The Labute approximate surface area is 211 Å². The number of hydrogen-bond acceptors (Lipinski definition) is 5. The summed E-state index contributed by atoms with van der Waals surface area (Å²) in [6.07, 6.45) is 1.92. The van der Waals surface area contributed by atoms with E-state index in [2.05, 4.69) is 38.6 Å². The second-order valence-corrected chi connectivity index (χ2v) is 9.61. The van der Waals surface area contributed by atoms with E-state index in [1.165, 1.54) is 5.56 Å². The minimum Gasteiger partial charge on any atom is -0.493 e. The van der Waals surface area contributed by atoms with Crippen LogP contribution in [-0.2, 0) is 11.4 Å². The summed E-state index contributed by atoms with van der Waals surface area (Å²) in [7, 11) is 1.58. The highest BCUT2D eigenvalue weighted by Gasteiger charge is 2.12. The lowest BCUT2D eigenvalue weighted by molar-refractivity contribution is -0.120. The van der Waals surface area contributed by atoms with Crippen molar-refractivity contribution in [3.05, 3.63) is 86.8 Å². The molecule has 0 aromatic heterocycles. The van der Waals surface area contributed by atoms with Crippen molar-refractivity contribution < 1.29 is 14.3 Å². The third kappa shape index (κ3) is 8.11. The smallest absolute Gasteiger partial charge is 0.240 e. The molecule has 3 aromatic rings. The Hall–Kier alpha value is -2.48. The van der Waals surface area contributed by atoms with Crippen LogP contribution < -0.4 is 14.9 Å². The number of benzene rings is 3. The Bertz CT molecular complexity index is 1110. The van der Waals surface area contributed by atoms with Gasteiger partial charge in [0.1, 0.15) is 6.61 Å². The largest absolute Gasteiger partial charge is 0.493 e. The van der Waals surface area contributed by atoms with Crippen LogP contribution in [0.2, 0.25) is 5.02 Å². The molecule has 0 aliphatic rings. The van der Waals surface area contributed by atoms with Crippen molar-refractivity contribution >= 4 is 51.4 Å². The number of ether oxygens (including phenoxy) is 2. The third-order valence-corrected chi connectivity index (χ3v) is 6.42. The first kappa shape index (κ1) is 25.1. The Balaban J connectivity index is 1.52. The van der Waals surface area contributed by atoms with E-state index in [1.807, 2.05) is 49.4 Å². The molecule has 1 N–H and O–H groups in total. The number of aryl methyl sites for hydroxylation is 1. The van der Waals surface area contributed by atoms with Gasteiger partial charge in [-0.25, -0.2) is 5.43 Å². The van der Waals surface area contributed by atoms with Crippen molar-refractivity contribution in [2.24, 2.45) is 5.10 Å². The summed E-state index contributed by atoms with van der Waals surface area (Å²) >= 11 is 11.0. The van der Waals surface area contributed by atoms with Gasteiger partial charge in [-0.15, -0.1) is 11.8 Å². The maximum absolute atomic E-state index is 12.0. The van der Waals surface area contributed by atoms with Crippen LogP contribution in [0.3, 0.4) is 0 Å². The Morgan fingerprint density at radius 3 is 2.58 bits per heavy atom. The molecule has 1 amide bonds. The summed E-state index contributed by atoms with van der Waals surface area (Å²) in [4.78, 5) is 13.1. The summed E-state index contributed by atoms with van der Waals surface area (Å²) < 4.78 is 12.2. The summed E-state index contributed by atoms with van der Waals surface area (Å²) in [5.41, 5.74) is 5.59. The predicted molar refractivity (Wildman–Crippen MR) is 139 cm³/mol. The number of nitrogens with one attached hydrogen (secondary N) is 1. The van der Waals surface area contributed by atoms with Gasteiger partial charge in [0.05, 0.1) is 17.8 Å². The molecule has 0 heterocycles. The minimum absolute atomic E-state index is 0.156. The van der Waals surface area contributed by atoms with E-state index in [-0.39, 0.29) is 5.91 Å². The molecular weight excluding hydrogens is 524 g/mol. The lowest BCUT2D eigenvalue weighted by atomic mass is 10.2. The van der Waals surface area contributed by atoms with E-state index in [0.29, 0.717) is 35.3 Å². The minimum atomic E-state index is -0.156. The number of amides is 1. The molecule has 8 heteroatoms. The Morgan fingerprint density at radius 2 is 1.88 bits per heavy atom. The highest BCUT2D eigenvalue weighted by molar-refractivity contribution is 9.10. The topological polar surface area (TPSA) is 59.9 Å². The van der Waals surface area contributed by atoms with E-state index < -0.39 is 0 Å². The number of thioether (sulfide) groups is 1. The zero-order valence-electron chi connectivity index (χ0n) is 18.3. The summed E-state index contributed by atoms with van der Waals surface area (Å²) in [5.74, 6) is 1.67. The van der Waals surface area contributed by atoms with Crippen molar-refractivity contribution in [2.45, 2.75) is 24.8 Å². The number of hydrazone groups is 1. The number of hydrogen-bond donors (Lipinski definition) is 1. The molecule has 0 aliphatic heterocycles. The number of carbonyl (C=O) groups is 1. The van der Waals surface area contributed by atoms with Gasteiger partial charge in [-0.2, -0.15) is 5.10 Å². The number of nitrogens with zero attached hydrogens (tertiary/aromatic N) is 1. The summed E-state index contributed by atoms with van der Waals surface area (Å²) in [6, 6.07) is 19.4. The maximum atomic E-state index is 12.0. The Kier molecular flexibility index (Phi) is 9.66. The van der Waals surface area contributed by atoms with Gasteiger partial charge in [0, 0.05) is 22.1 Å². The lowest BCUT2D eigenvalue weighted by Gasteiger charge is -2.13. The molecule has 0 radical (unpaired) electrons. The van der Waals surface area contributed by atoms with Crippen LogP contribution in [-0.4, -0.2) is 25.0 Å². The number of halogens is 2. The lowest BCUT2D eigenvalue weighted by Crippen LogP contribution is -2.17. The zero-order chi connectivity index (χ0) is 23.6. The molecule has 0 saturated heterocycles. The summed E-state index contributed by atoms with van der Waals surface area (Å²) in [6.45, 7) is 2.47. The average Bonchev–Trinajstić information content (AvgIpc) is 2.80. The second-order valence-electron chi connectivity index (χ2n) is 7.15. The first-order chi connectivity index (χ1) is 15.9. The predicted octanol–water partition coefficient (Wildman–Crippen LogP) is 6.63. The highest BCUT2D eigenvalue weighted by atomic mass is 79.9. The van der Waals surface area contributed by atoms with Crippen molar-refractivity contribution in [1.29, 1.82) is 0 Å². The molecular formula is C25H24BrClN2O3S. The van der Waals surface area contributed by atoms with E-state index in [0.717, 1.165) is 20.5 Å². The van der Waals surface area contributed by atoms with E-state index in [4.69, 9.17) is 21.1 Å². The van der Waals surface area contributed by atoms with Gasteiger partial charge in [-0.05, 0) is 70.4 Å². The van der Waals surface area contributed by atoms with Gasteiger partial charge >= 0.3 is 0 Å². The molecule has 3 aromatic carbocycles. The van der Waals surface area contributed by atoms with Crippen molar-refractivity contribution in [3.63, 3.8) is 0 Å². The maximum Gasteiger partial charge on any atom is 0.240 e. The van der Waals surface area contributed by atoms with Crippen LogP contribution in [0.1, 0.15) is 23.1 Å². The molecule has 3 rings (SSSR count). The molecule has 0 bridgehead atoms. The Morgan fingerprint density at radius 1 is 1.15 bits per heavy atom. The molecule has 0 fully saturated rings. The van der Waals surface area contributed by atoms with Crippen LogP contribution >= 0.6 is 39.3 Å². The highest BCUT2D eigenvalue weighted by Crippen LogP contribution is 2.36. The van der Waals surface area contributed by atoms with Crippen molar-refractivity contribution in [2.75, 3.05) is 12.9 Å². The van der Waals surface area contributed by atoms with Gasteiger partial charge < -0.3 is 9.47 Å². The standard InChI is InChI=1S/C25H24BrClN2O3S/c1-17-3-5-18(6-4-17)16-32-25-22(26)13-19(14-23(25)31-2)15-28-29-24(30)11-12-33-21-9-7-20(27)8-10-21/h3-10,13-15H,11-12,16H2,1-2H3,(H,29,30)/b28-15-. The van der Waals surface area contributed by atoms with Gasteiger partial charge in [0.15, 0.2) is 11.5 Å². The normalized spacial score (nSPS) is 10.9. The van der Waals surface area contributed by atoms with E-state index in [1.54, 1.807) is 31.2 Å². The van der Waals surface area contributed by atoms with Gasteiger partial charge in [0.2, 0.25) is 5.91 Å². The fourth-order valence-corrected chi connectivity index (χ4v) is 4.37. The van der Waals surface area contributed by atoms with Crippen molar-refractivity contribution in [3.8, 4) is 11.5 Å². The van der Waals surface area contributed by atoms with E-state index in [9.17, 15) is 4.79 Å².